The summed E-state index contributed by atoms with van der Waals surface area (Å²) in [7, 11) is 1.47. The second-order valence-electron chi connectivity index (χ2n) is 5.52. The van der Waals surface area contributed by atoms with E-state index in [2.05, 4.69) is 29.5 Å². The minimum Gasteiger partial charge on any atom is -0.307 e. The van der Waals surface area contributed by atoms with E-state index in [-0.39, 0.29) is 17.8 Å². The number of aromatic nitrogens is 3. The second-order valence-corrected chi connectivity index (χ2v) is 5.52. The van der Waals surface area contributed by atoms with E-state index in [0.717, 1.165) is 28.7 Å². The summed E-state index contributed by atoms with van der Waals surface area (Å²) in [5.74, 6) is 0. The first-order valence-corrected chi connectivity index (χ1v) is 7.51. The van der Waals surface area contributed by atoms with Gasteiger partial charge in [0.05, 0.1) is 12.1 Å². The number of fused-ring (bicyclic) bond motifs is 1. The van der Waals surface area contributed by atoms with E-state index in [1.54, 1.807) is 0 Å². The molecule has 0 aliphatic heterocycles. The van der Waals surface area contributed by atoms with Crippen molar-refractivity contribution < 1.29 is 0 Å². The molecule has 0 saturated heterocycles. The van der Waals surface area contributed by atoms with Gasteiger partial charge in [0.2, 0.25) is 0 Å². The number of allylic oxidation sites excluding steroid dienone is 1. The van der Waals surface area contributed by atoms with E-state index in [1.165, 1.54) is 11.7 Å². The Kier molecular flexibility index (Phi) is 3.85. The monoisotopic (exact) mass is 300 g/mol. The zero-order valence-corrected chi connectivity index (χ0v) is 12.7. The zero-order chi connectivity index (χ0) is 15.7. The molecule has 2 aromatic rings. The first kappa shape index (κ1) is 14.6. The number of benzene rings is 1. The second kappa shape index (κ2) is 5.81. The Morgan fingerprint density at radius 3 is 2.55 bits per heavy atom. The molecule has 1 aromatic carbocycles. The third-order valence-corrected chi connectivity index (χ3v) is 4.04. The first-order valence-electron chi connectivity index (χ1n) is 7.51. The van der Waals surface area contributed by atoms with Gasteiger partial charge >= 0.3 is 11.4 Å². The molecule has 2 N–H and O–H groups in total. The van der Waals surface area contributed by atoms with Gasteiger partial charge in [0, 0.05) is 7.05 Å². The molecule has 0 bridgehead atoms. The Bertz CT molecular complexity index is 812. The van der Waals surface area contributed by atoms with Crippen LogP contribution >= 0.6 is 0 Å². The molecule has 1 aliphatic rings. The maximum absolute atomic E-state index is 12.2. The Hall–Kier alpha value is -2.34. The maximum Gasteiger partial charge on any atom is 0.347 e. The van der Waals surface area contributed by atoms with Crippen LogP contribution in [0.1, 0.15) is 36.6 Å². The van der Waals surface area contributed by atoms with Gasteiger partial charge in [0.25, 0.3) is 0 Å². The van der Waals surface area contributed by atoms with Crippen LogP contribution in [-0.2, 0) is 7.05 Å². The number of hydrogen-bond acceptors (Lipinski definition) is 3. The van der Waals surface area contributed by atoms with Crippen LogP contribution in [0.3, 0.4) is 0 Å². The average Bonchev–Trinajstić information content (AvgIpc) is 2.80. The molecule has 0 amide bonds. The lowest BCUT2D eigenvalue weighted by Gasteiger charge is -2.27. The van der Waals surface area contributed by atoms with Crippen molar-refractivity contribution in [1.29, 1.82) is 0 Å². The summed E-state index contributed by atoms with van der Waals surface area (Å²) in [6.07, 6.45) is 5.08. The number of nitrogens with zero attached hydrogens (tertiary/aromatic N) is 2. The standard InChI is InChI=1S/C16H20N4O2/c1-3-10-17-13-8-9-14(12-7-5-4-6-11(12)13)20-16(22)19(2)15(21)18-20/h4-9,13-14,17H,3,10H2,1-2H3,(H,18,21)/t13-,14+/m0/s1. The van der Waals surface area contributed by atoms with Gasteiger partial charge in [-0.15, -0.1) is 0 Å². The molecule has 0 saturated carbocycles. The number of nitrogens with one attached hydrogen (secondary N) is 2. The SMILES string of the molecule is CCCN[C@H]1C=C[C@@H](n2[nH]c(=O)n(C)c2=O)c2ccccc21. The van der Waals surface area contributed by atoms with Gasteiger partial charge in [-0.05, 0) is 24.1 Å². The Morgan fingerprint density at radius 1 is 1.18 bits per heavy atom. The molecule has 0 spiro atoms. The van der Waals surface area contributed by atoms with Crippen LogP contribution in [0.15, 0.2) is 46.0 Å². The third-order valence-electron chi connectivity index (χ3n) is 4.04. The van der Waals surface area contributed by atoms with Crippen molar-refractivity contribution in [2.75, 3.05) is 6.54 Å². The minimum absolute atomic E-state index is 0.138. The highest BCUT2D eigenvalue weighted by atomic mass is 16.2. The average molecular weight is 300 g/mol. The highest BCUT2D eigenvalue weighted by Crippen LogP contribution is 2.32. The summed E-state index contributed by atoms with van der Waals surface area (Å²) in [6, 6.07) is 7.86. The zero-order valence-electron chi connectivity index (χ0n) is 12.7. The molecule has 0 unspecified atom stereocenters. The molecule has 1 aromatic heterocycles. The van der Waals surface area contributed by atoms with Crippen molar-refractivity contribution in [3.63, 3.8) is 0 Å². The smallest absolute Gasteiger partial charge is 0.307 e. The van der Waals surface area contributed by atoms with E-state index >= 15 is 0 Å². The predicted octanol–water partition coefficient (Wildman–Crippen LogP) is 1.08. The van der Waals surface area contributed by atoms with Crippen LogP contribution in [0.4, 0.5) is 0 Å². The van der Waals surface area contributed by atoms with Crippen LogP contribution in [-0.4, -0.2) is 20.9 Å². The van der Waals surface area contributed by atoms with Gasteiger partial charge in [0.1, 0.15) is 0 Å². The predicted molar refractivity (Wildman–Crippen MR) is 85.0 cm³/mol. The molecule has 2 atom stereocenters. The van der Waals surface area contributed by atoms with E-state index < -0.39 is 5.69 Å². The lowest BCUT2D eigenvalue weighted by Crippen LogP contribution is -2.31. The molecule has 6 heteroatoms. The van der Waals surface area contributed by atoms with Crippen molar-refractivity contribution in [3.05, 3.63) is 68.5 Å². The molecule has 6 nitrogen and oxygen atoms in total. The van der Waals surface area contributed by atoms with Gasteiger partial charge in [0.15, 0.2) is 0 Å². The molecule has 0 fully saturated rings. The van der Waals surface area contributed by atoms with Crippen LogP contribution in [0, 0.1) is 0 Å². The first-order chi connectivity index (χ1) is 10.6. The van der Waals surface area contributed by atoms with E-state index in [1.807, 2.05) is 24.3 Å². The Labute approximate surface area is 128 Å². The van der Waals surface area contributed by atoms with Gasteiger partial charge in [-0.2, -0.15) is 0 Å². The molecular weight excluding hydrogens is 280 g/mol. The number of H-pyrrole nitrogens is 1. The van der Waals surface area contributed by atoms with Gasteiger partial charge in [-0.3, -0.25) is 0 Å². The third kappa shape index (κ3) is 2.35. The van der Waals surface area contributed by atoms with E-state index in [4.69, 9.17) is 0 Å². The molecule has 22 heavy (non-hydrogen) atoms. The van der Waals surface area contributed by atoms with Gasteiger partial charge < -0.3 is 5.32 Å². The fourth-order valence-corrected chi connectivity index (χ4v) is 2.85. The van der Waals surface area contributed by atoms with Crippen molar-refractivity contribution in [2.45, 2.75) is 25.4 Å². The number of aromatic amines is 1. The highest BCUT2D eigenvalue weighted by molar-refractivity contribution is 5.41. The summed E-state index contributed by atoms with van der Waals surface area (Å²) in [6.45, 7) is 3.05. The number of hydrogen-bond donors (Lipinski definition) is 2. The van der Waals surface area contributed by atoms with Gasteiger partial charge in [-0.25, -0.2) is 23.9 Å². The summed E-state index contributed by atoms with van der Waals surface area (Å²) in [5.41, 5.74) is 1.43. The van der Waals surface area contributed by atoms with E-state index in [9.17, 15) is 9.59 Å². The lowest BCUT2D eigenvalue weighted by molar-refractivity contribution is 0.536. The number of rotatable bonds is 4. The van der Waals surface area contributed by atoms with Crippen LogP contribution < -0.4 is 16.7 Å². The van der Waals surface area contributed by atoms with Crippen molar-refractivity contribution in [2.24, 2.45) is 7.05 Å². The van der Waals surface area contributed by atoms with Crippen molar-refractivity contribution >= 4 is 0 Å². The summed E-state index contributed by atoms with van der Waals surface area (Å²) in [5, 5.41) is 6.10. The van der Waals surface area contributed by atoms with Crippen LogP contribution in [0.2, 0.25) is 0 Å². The Balaban J connectivity index is 2.06. The lowest BCUT2D eigenvalue weighted by atomic mass is 9.89. The fraction of sp³-hybridized carbons (Fsp3) is 0.375. The normalized spacial score (nSPS) is 20.1. The maximum atomic E-state index is 12.2. The summed E-state index contributed by atoms with van der Waals surface area (Å²) < 4.78 is 2.46. The van der Waals surface area contributed by atoms with E-state index in [0.29, 0.717) is 0 Å². The fourth-order valence-electron chi connectivity index (χ4n) is 2.85. The van der Waals surface area contributed by atoms with Crippen LogP contribution in [0.5, 0.6) is 0 Å². The molecule has 116 valence electrons. The van der Waals surface area contributed by atoms with Crippen molar-refractivity contribution in [3.8, 4) is 0 Å². The molecule has 0 radical (unpaired) electrons. The molecule has 1 heterocycles. The largest absolute Gasteiger partial charge is 0.347 e. The van der Waals surface area contributed by atoms with Gasteiger partial charge in [-0.1, -0.05) is 43.3 Å². The summed E-state index contributed by atoms with van der Waals surface area (Å²) in [4.78, 5) is 23.9. The molecule has 1 aliphatic carbocycles. The minimum atomic E-state index is -0.401. The topological polar surface area (TPSA) is 71.8 Å². The molecule has 3 rings (SSSR count). The van der Waals surface area contributed by atoms with Crippen molar-refractivity contribution in [1.82, 2.24) is 19.7 Å². The van der Waals surface area contributed by atoms with Crippen LogP contribution in [0.25, 0.3) is 0 Å². The Morgan fingerprint density at radius 2 is 1.91 bits per heavy atom. The molecular formula is C16H20N4O2. The highest BCUT2D eigenvalue weighted by Gasteiger charge is 2.25. The quantitative estimate of drug-likeness (QED) is 0.830. The summed E-state index contributed by atoms with van der Waals surface area (Å²) >= 11 is 0.